The summed E-state index contributed by atoms with van der Waals surface area (Å²) < 4.78 is 31.3. The molecule has 0 radical (unpaired) electrons. The molecule has 0 atom stereocenters. The van der Waals surface area contributed by atoms with Gasteiger partial charge < -0.3 is 10.1 Å². The highest BCUT2D eigenvalue weighted by Gasteiger charge is 2.24. The van der Waals surface area contributed by atoms with Crippen LogP contribution in [0.15, 0.2) is 47.4 Å². The number of carbonyl (C=O) groups is 1. The van der Waals surface area contributed by atoms with Gasteiger partial charge in [-0.15, -0.1) is 0 Å². The lowest BCUT2D eigenvalue weighted by atomic mass is 10.0. The first kappa shape index (κ1) is 23.5. The largest absolute Gasteiger partial charge is 0.496 e. The maximum absolute atomic E-state index is 12.8. The van der Waals surface area contributed by atoms with Crippen molar-refractivity contribution in [3.05, 3.63) is 58.6 Å². The molecule has 31 heavy (non-hydrogen) atoms. The highest BCUT2D eigenvalue weighted by molar-refractivity contribution is 7.89. The number of amides is 1. The number of nitrogens with one attached hydrogen (secondary N) is 1. The second-order valence-corrected chi connectivity index (χ2v) is 10.3. The number of carbonyl (C=O) groups excluding carboxylic acids is 1. The summed E-state index contributed by atoms with van der Waals surface area (Å²) in [6.45, 7) is 2.47. The first-order valence-electron chi connectivity index (χ1n) is 10.1. The van der Waals surface area contributed by atoms with Crippen molar-refractivity contribution in [2.75, 3.05) is 34.3 Å². The van der Waals surface area contributed by atoms with E-state index in [2.05, 4.69) is 16.3 Å². The highest BCUT2D eigenvalue weighted by Crippen LogP contribution is 2.24. The van der Waals surface area contributed by atoms with Crippen LogP contribution in [0.5, 0.6) is 5.75 Å². The third kappa shape index (κ3) is 5.57. The molecule has 9 heteroatoms. The molecule has 2 aromatic rings. The molecule has 0 unspecified atom stereocenters. The minimum atomic E-state index is -3.65. The van der Waals surface area contributed by atoms with Gasteiger partial charge in [0.2, 0.25) is 10.0 Å². The third-order valence-electron chi connectivity index (χ3n) is 5.47. The molecular weight excluding hydrogens is 438 g/mol. The van der Waals surface area contributed by atoms with E-state index in [0.717, 1.165) is 48.1 Å². The molecule has 0 aromatic heterocycles. The number of piperidine rings is 1. The molecule has 1 heterocycles. The average molecular weight is 466 g/mol. The predicted octanol–water partition coefficient (Wildman–Crippen LogP) is 2.99. The van der Waals surface area contributed by atoms with Crippen molar-refractivity contribution in [2.24, 2.45) is 0 Å². The Kier molecular flexibility index (Phi) is 7.59. The van der Waals surface area contributed by atoms with Crippen LogP contribution in [-0.2, 0) is 16.6 Å². The van der Waals surface area contributed by atoms with Crippen molar-refractivity contribution in [3.8, 4) is 5.75 Å². The van der Waals surface area contributed by atoms with Gasteiger partial charge in [-0.25, -0.2) is 12.7 Å². The number of para-hydroxylation sites is 1. The van der Waals surface area contributed by atoms with Crippen molar-refractivity contribution in [1.82, 2.24) is 14.5 Å². The standard InChI is InChI=1S/C22H28ClN3O4S/c1-25(2)31(28,29)18-8-9-20(23)19(14-18)22(27)24-17-10-12-26(13-11-17)15-16-6-4-5-7-21(16)30-3/h4-9,14,17H,10-13,15H2,1-3H3,(H,24,27). The Morgan fingerprint density at radius 3 is 2.52 bits per heavy atom. The quantitative estimate of drug-likeness (QED) is 0.680. The summed E-state index contributed by atoms with van der Waals surface area (Å²) in [6.07, 6.45) is 1.60. The topological polar surface area (TPSA) is 79.0 Å². The molecule has 0 aliphatic carbocycles. The van der Waals surface area contributed by atoms with Gasteiger partial charge in [0.15, 0.2) is 0 Å². The van der Waals surface area contributed by atoms with Crippen LogP contribution in [-0.4, -0.2) is 63.9 Å². The fourth-order valence-electron chi connectivity index (χ4n) is 3.62. The molecule has 1 aliphatic heterocycles. The second-order valence-electron chi connectivity index (χ2n) is 7.76. The molecule has 1 aliphatic rings. The number of benzene rings is 2. The van der Waals surface area contributed by atoms with Gasteiger partial charge in [-0.2, -0.15) is 0 Å². The van der Waals surface area contributed by atoms with Crippen LogP contribution >= 0.6 is 11.6 Å². The van der Waals surface area contributed by atoms with Crippen LogP contribution in [0.1, 0.15) is 28.8 Å². The summed E-state index contributed by atoms with van der Waals surface area (Å²) >= 11 is 6.19. The highest BCUT2D eigenvalue weighted by atomic mass is 35.5. The van der Waals surface area contributed by atoms with Gasteiger partial charge in [0, 0.05) is 45.3 Å². The Balaban J connectivity index is 1.61. The molecule has 1 saturated heterocycles. The molecule has 0 saturated carbocycles. The van der Waals surface area contributed by atoms with Crippen molar-refractivity contribution < 1.29 is 17.9 Å². The van der Waals surface area contributed by atoms with Gasteiger partial charge in [0.25, 0.3) is 5.91 Å². The normalized spacial score (nSPS) is 15.8. The van der Waals surface area contributed by atoms with E-state index in [1.807, 2.05) is 18.2 Å². The van der Waals surface area contributed by atoms with Crippen molar-refractivity contribution >= 4 is 27.5 Å². The van der Waals surface area contributed by atoms with Gasteiger partial charge in [0.05, 0.1) is 22.6 Å². The van der Waals surface area contributed by atoms with Crippen LogP contribution in [0.2, 0.25) is 5.02 Å². The number of ether oxygens (including phenoxy) is 1. The average Bonchev–Trinajstić information content (AvgIpc) is 2.75. The first-order chi connectivity index (χ1) is 14.7. The van der Waals surface area contributed by atoms with Gasteiger partial charge >= 0.3 is 0 Å². The van der Waals surface area contributed by atoms with Crippen molar-refractivity contribution in [3.63, 3.8) is 0 Å². The summed E-state index contributed by atoms with van der Waals surface area (Å²) in [5.41, 5.74) is 1.30. The van der Waals surface area contributed by atoms with Gasteiger partial charge in [0.1, 0.15) is 5.75 Å². The van der Waals surface area contributed by atoms with Crippen LogP contribution < -0.4 is 10.1 Å². The summed E-state index contributed by atoms with van der Waals surface area (Å²) in [5.74, 6) is 0.518. The van der Waals surface area contributed by atoms with E-state index < -0.39 is 10.0 Å². The van der Waals surface area contributed by atoms with E-state index in [1.165, 1.54) is 32.3 Å². The van der Waals surface area contributed by atoms with Crippen LogP contribution in [0.4, 0.5) is 0 Å². The van der Waals surface area contributed by atoms with Crippen LogP contribution in [0.25, 0.3) is 0 Å². The number of sulfonamides is 1. The fourth-order valence-corrected chi connectivity index (χ4v) is 4.75. The van der Waals surface area contributed by atoms with Gasteiger partial charge in [-0.05, 0) is 37.1 Å². The van der Waals surface area contributed by atoms with E-state index in [4.69, 9.17) is 16.3 Å². The molecule has 1 fully saturated rings. The van der Waals surface area contributed by atoms with E-state index in [-0.39, 0.29) is 27.4 Å². The Labute approximate surface area is 189 Å². The van der Waals surface area contributed by atoms with E-state index >= 15 is 0 Å². The minimum Gasteiger partial charge on any atom is -0.496 e. The predicted molar refractivity (Wildman–Crippen MR) is 121 cm³/mol. The van der Waals surface area contributed by atoms with Crippen LogP contribution in [0.3, 0.4) is 0 Å². The number of nitrogens with zero attached hydrogens (tertiary/aromatic N) is 2. The van der Waals surface area contributed by atoms with Crippen molar-refractivity contribution in [2.45, 2.75) is 30.3 Å². The summed E-state index contributed by atoms with van der Waals surface area (Å²) in [6, 6.07) is 12.2. The van der Waals surface area contributed by atoms with Gasteiger partial charge in [-0.1, -0.05) is 29.8 Å². The molecule has 2 aromatic carbocycles. The Hall–Kier alpha value is -2.13. The lowest BCUT2D eigenvalue weighted by molar-refractivity contribution is 0.0908. The first-order valence-corrected chi connectivity index (χ1v) is 11.9. The molecule has 1 amide bonds. The number of halogens is 1. The Morgan fingerprint density at radius 1 is 1.19 bits per heavy atom. The zero-order chi connectivity index (χ0) is 22.6. The summed E-state index contributed by atoms with van der Waals surface area (Å²) in [7, 11) is 0.917. The number of likely N-dealkylation sites (tertiary alicyclic amines) is 1. The molecule has 168 valence electrons. The molecule has 7 nitrogen and oxygen atoms in total. The monoisotopic (exact) mass is 465 g/mol. The maximum Gasteiger partial charge on any atom is 0.253 e. The lowest BCUT2D eigenvalue weighted by Gasteiger charge is -2.32. The Bertz CT molecular complexity index is 1030. The maximum atomic E-state index is 12.8. The van der Waals surface area contributed by atoms with E-state index in [0.29, 0.717) is 0 Å². The van der Waals surface area contributed by atoms with Crippen molar-refractivity contribution in [1.29, 1.82) is 0 Å². The molecule has 1 N–H and O–H groups in total. The molecular formula is C22H28ClN3O4S. The number of methoxy groups -OCH3 is 1. The number of rotatable bonds is 7. The van der Waals surface area contributed by atoms with E-state index in [9.17, 15) is 13.2 Å². The summed E-state index contributed by atoms with van der Waals surface area (Å²) in [5, 5.41) is 3.23. The smallest absolute Gasteiger partial charge is 0.253 e. The molecule has 0 spiro atoms. The molecule has 0 bridgehead atoms. The molecule has 3 rings (SSSR count). The van der Waals surface area contributed by atoms with Gasteiger partial charge in [-0.3, -0.25) is 9.69 Å². The minimum absolute atomic E-state index is 0.00611. The van der Waals surface area contributed by atoms with Crippen LogP contribution in [0, 0.1) is 0 Å². The zero-order valence-electron chi connectivity index (χ0n) is 18.0. The number of hydrogen-bond acceptors (Lipinski definition) is 5. The Morgan fingerprint density at radius 2 is 1.87 bits per heavy atom. The lowest BCUT2D eigenvalue weighted by Crippen LogP contribution is -2.44. The SMILES string of the molecule is COc1ccccc1CN1CCC(NC(=O)c2cc(S(=O)(=O)N(C)C)ccc2Cl)CC1. The fraction of sp³-hybridized carbons (Fsp3) is 0.409. The van der Waals surface area contributed by atoms with E-state index in [1.54, 1.807) is 7.11 Å². The summed E-state index contributed by atoms with van der Waals surface area (Å²) in [4.78, 5) is 15.2. The third-order valence-corrected chi connectivity index (χ3v) is 7.61. The second kappa shape index (κ2) is 9.99. The zero-order valence-corrected chi connectivity index (χ0v) is 19.5. The number of hydrogen-bond donors (Lipinski definition) is 1.